The quantitative estimate of drug-likeness (QED) is 0.627. The lowest BCUT2D eigenvalue weighted by atomic mass is 10.2. The van der Waals surface area contributed by atoms with Gasteiger partial charge in [0, 0.05) is 6.42 Å². The van der Waals surface area contributed by atoms with E-state index in [1.165, 1.54) is 6.07 Å². The summed E-state index contributed by atoms with van der Waals surface area (Å²) >= 11 is 0. The Labute approximate surface area is 150 Å². The van der Waals surface area contributed by atoms with Crippen molar-refractivity contribution in [3.8, 4) is 17.1 Å². The summed E-state index contributed by atoms with van der Waals surface area (Å²) in [6.07, 6.45) is 0.909. The van der Waals surface area contributed by atoms with Crippen molar-refractivity contribution in [1.29, 1.82) is 0 Å². The predicted molar refractivity (Wildman–Crippen MR) is 92.7 cm³/mol. The van der Waals surface area contributed by atoms with Crippen molar-refractivity contribution in [2.45, 2.75) is 19.4 Å². The van der Waals surface area contributed by atoms with Gasteiger partial charge < -0.3 is 14.6 Å². The number of nitrogens with zero attached hydrogens (tertiary/aromatic N) is 2. The van der Waals surface area contributed by atoms with Crippen LogP contribution in [0.5, 0.6) is 5.75 Å². The minimum Gasteiger partial charge on any atom is -0.494 e. The number of halogens is 1. The fourth-order valence-electron chi connectivity index (χ4n) is 2.28. The molecule has 1 heterocycles. The first-order chi connectivity index (χ1) is 12.7. The van der Waals surface area contributed by atoms with Crippen LogP contribution in [0.1, 0.15) is 18.7 Å². The third kappa shape index (κ3) is 4.89. The normalized spacial score (nSPS) is 10.5. The van der Waals surface area contributed by atoms with Crippen LogP contribution in [0.2, 0.25) is 0 Å². The lowest BCUT2D eigenvalue weighted by Gasteiger charge is -2.05. The van der Waals surface area contributed by atoms with Crippen LogP contribution in [0.4, 0.5) is 4.39 Å². The summed E-state index contributed by atoms with van der Waals surface area (Å²) in [6.45, 7) is 0.551. The molecule has 0 radical (unpaired) electrons. The van der Waals surface area contributed by atoms with Crippen LogP contribution in [-0.2, 0) is 11.3 Å². The average molecular weight is 355 g/mol. The van der Waals surface area contributed by atoms with Crippen molar-refractivity contribution in [3.05, 3.63) is 66.3 Å². The zero-order chi connectivity index (χ0) is 18.2. The smallest absolute Gasteiger partial charge is 0.246 e. The van der Waals surface area contributed by atoms with Crippen LogP contribution in [0.15, 0.2) is 59.1 Å². The summed E-state index contributed by atoms with van der Waals surface area (Å²) in [7, 11) is 0. The number of hydrogen-bond donors (Lipinski definition) is 1. The number of ether oxygens (including phenoxy) is 1. The number of nitrogens with one attached hydrogen (secondary N) is 1. The van der Waals surface area contributed by atoms with E-state index in [1.54, 1.807) is 18.2 Å². The summed E-state index contributed by atoms with van der Waals surface area (Å²) in [4.78, 5) is 15.9. The fraction of sp³-hybridized carbons (Fsp3) is 0.211. The molecule has 7 heteroatoms. The van der Waals surface area contributed by atoms with E-state index in [0.29, 0.717) is 19.4 Å². The Balaban J connectivity index is 1.40. The minimum absolute atomic E-state index is 0.0971. The van der Waals surface area contributed by atoms with Gasteiger partial charge in [-0.15, -0.1) is 0 Å². The molecule has 0 unspecified atom stereocenters. The van der Waals surface area contributed by atoms with Gasteiger partial charge in [-0.3, -0.25) is 4.79 Å². The van der Waals surface area contributed by atoms with Crippen LogP contribution in [0, 0.1) is 5.82 Å². The Morgan fingerprint density at radius 1 is 1.12 bits per heavy atom. The zero-order valence-corrected chi connectivity index (χ0v) is 14.0. The van der Waals surface area contributed by atoms with Gasteiger partial charge in [-0.2, -0.15) is 4.98 Å². The second-order valence-corrected chi connectivity index (χ2v) is 5.53. The molecule has 134 valence electrons. The van der Waals surface area contributed by atoms with Crippen molar-refractivity contribution >= 4 is 5.91 Å². The molecule has 2 aromatic carbocycles. The van der Waals surface area contributed by atoms with Crippen LogP contribution in [0.25, 0.3) is 11.4 Å². The Morgan fingerprint density at radius 2 is 1.88 bits per heavy atom. The second kappa shape index (κ2) is 8.75. The predicted octanol–water partition coefficient (Wildman–Crippen LogP) is 3.35. The monoisotopic (exact) mass is 355 g/mol. The third-order valence-electron chi connectivity index (χ3n) is 3.58. The SMILES string of the molecule is O=C(CCCOc1ccccc1)NCc1nc(-c2ccccc2F)no1. The fourth-order valence-corrected chi connectivity index (χ4v) is 2.28. The average Bonchev–Trinajstić information content (AvgIpc) is 3.13. The molecule has 0 saturated carbocycles. The van der Waals surface area contributed by atoms with Gasteiger partial charge in [0.25, 0.3) is 0 Å². The highest BCUT2D eigenvalue weighted by molar-refractivity contribution is 5.75. The van der Waals surface area contributed by atoms with Gasteiger partial charge in [-0.05, 0) is 30.7 Å². The number of para-hydroxylation sites is 1. The van der Waals surface area contributed by atoms with Crippen LogP contribution in [0.3, 0.4) is 0 Å². The van der Waals surface area contributed by atoms with E-state index in [-0.39, 0.29) is 29.7 Å². The molecule has 0 bridgehead atoms. The Morgan fingerprint density at radius 3 is 2.69 bits per heavy atom. The summed E-state index contributed by atoms with van der Waals surface area (Å²) in [5.41, 5.74) is 0.256. The highest BCUT2D eigenvalue weighted by atomic mass is 19.1. The van der Waals surface area contributed by atoms with E-state index in [9.17, 15) is 9.18 Å². The lowest BCUT2D eigenvalue weighted by Crippen LogP contribution is -2.23. The summed E-state index contributed by atoms with van der Waals surface area (Å²) in [5.74, 6) is 0.579. The number of carbonyl (C=O) groups is 1. The van der Waals surface area contributed by atoms with Crippen molar-refractivity contribution in [2.24, 2.45) is 0 Å². The molecule has 0 saturated heterocycles. The largest absolute Gasteiger partial charge is 0.494 e. The van der Waals surface area contributed by atoms with Crippen molar-refractivity contribution in [2.75, 3.05) is 6.61 Å². The van der Waals surface area contributed by atoms with Gasteiger partial charge in [0.15, 0.2) is 0 Å². The molecular weight excluding hydrogens is 337 g/mol. The molecule has 0 aliphatic heterocycles. The molecular formula is C19H18FN3O3. The van der Waals surface area contributed by atoms with Crippen LogP contribution < -0.4 is 10.1 Å². The maximum Gasteiger partial charge on any atom is 0.246 e. The molecule has 1 aromatic heterocycles. The molecule has 6 nitrogen and oxygen atoms in total. The van der Waals surface area contributed by atoms with Crippen molar-refractivity contribution in [1.82, 2.24) is 15.5 Å². The van der Waals surface area contributed by atoms with Gasteiger partial charge >= 0.3 is 0 Å². The lowest BCUT2D eigenvalue weighted by molar-refractivity contribution is -0.121. The Kier molecular flexibility index (Phi) is 5.92. The van der Waals surface area contributed by atoms with E-state index in [0.717, 1.165) is 5.75 Å². The highest BCUT2D eigenvalue weighted by Gasteiger charge is 2.12. The molecule has 3 rings (SSSR count). The topological polar surface area (TPSA) is 77.2 Å². The minimum atomic E-state index is -0.428. The van der Waals surface area contributed by atoms with E-state index in [4.69, 9.17) is 9.26 Å². The Hall–Kier alpha value is -3.22. The first-order valence-corrected chi connectivity index (χ1v) is 8.24. The van der Waals surface area contributed by atoms with Gasteiger partial charge in [0.1, 0.15) is 11.6 Å². The van der Waals surface area contributed by atoms with Crippen molar-refractivity contribution in [3.63, 3.8) is 0 Å². The summed E-state index contributed by atoms with van der Waals surface area (Å²) < 4.78 is 24.3. The molecule has 0 atom stereocenters. The standard InChI is InChI=1S/C19H18FN3O3/c20-16-10-5-4-9-15(16)19-22-18(26-23-19)13-21-17(24)11-6-12-25-14-7-2-1-3-8-14/h1-5,7-10H,6,11-13H2,(H,21,24). The van der Waals surface area contributed by atoms with Crippen LogP contribution >= 0.6 is 0 Å². The number of benzene rings is 2. The molecule has 26 heavy (non-hydrogen) atoms. The number of aromatic nitrogens is 2. The molecule has 0 spiro atoms. The van der Waals surface area contributed by atoms with Crippen molar-refractivity contribution < 1.29 is 18.4 Å². The van der Waals surface area contributed by atoms with Gasteiger partial charge in [0.2, 0.25) is 17.6 Å². The van der Waals surface area contributed by atoms with Crippen LogP contribution in [-0.4, -0.2) is 22.7 Å². The third-order valence-corrected chi connectivity index (χ3v) is 3.58. The molecule has 1 N–H and O–H groups in total. The molecule has 0 fully saturated rings. The number of amides is 1. The summed E-state index contributed by atoms with van der Waals surface area (Å²) in [5, 5.41) is 6.43. The van der Waals surface area contributed by atoms with E-state index >= 15 is 0 Å². The molecule has 0 aliphatic carbocycles. The van der Waals surface area contributed by atoms with E-state index in [1.807, 2.05) is 30.3 Å². The zero-order valence-electron chi connectivity index (χ0n) is 14.0. The second-order valence-electron chi connectivity index (χ2n) is 5.53. The van der Waals surface area contributed by atoms with E-state index < -0.39 is 5.82 Å². The maximum absolute atomic E-state index is 13.7. The van der Waals surface area contributed by atoms with E-state index in [2.05, 4.69) is 15.5 Å². The summed E-state index contributed by atoms with van der Waals surface area (Å²) in [6, 6.07) is 15.6. The van der Waals surface area contributed by atoms with Gasteiger partial charge in [-0.25, -0.2) is 4.39 Å². The molecule has 0 aliphatic rings. The first-order valence-electron chi connectivity index (χ1n) is 8.24. The number of carbonyl (C=O) groups excluding carboxylic acids is 1. The first kappa shape index (κ1) is 17.6. The molecule has 1 amide bonds. The Bertz CT molecular complexity index is 852. The number of hydrogen-bond acceptors (Lipinski definition) is 5. The van der Waals surface area contributed by atoms with Gasteiger partial charge in [0.05, 0.1) is 18.7 Å². The van der Waals surface area contributed by atoms with Gasteiger partial charge in [-0.1, -0.05) is 35.5 Å². The maximum atomic E-state index is 13.7. The molecule has 3 aromatic rings. The highest BCUT2D eigenvalue weighted by Crippen LogP contribution is 2.19. The number of rotatable bonds is 8.